The second kappa shape index (κ2) is 10.5. The van der Waals surface area contributed by atoms with Gasteiger partial charge >= 0.3 is 0 Å². The zero-order valence-electron chi connectivity index (χ0n) is 18.3. The van der Waals surface area contributed by atoms with Crippen molar-refractivity contribution in [3.63, 3.8) is 0 Å². The quantitative estimate of drug-likeness (QED) is 0.542. The third-order valence-corrected chi connectivity index (χ3v) is 6.00. The number of rotatable bonds is 8. The lowest BCUT2D eigenvalue weighted by molar-refractivity contribution is -0.128. The monoisotopic (exact) mass is 416 g/mol. The van der Waals surface area contributed by atoms with Crippen LogP contribution in [0.25, 0.3) is 10.8 Å². The minimum Gasteiger partial charge on any atom is -0.480 e. The summed E-state index contributed by atoms with van der Waals surface area (Å²) < 4.78 is 6.13. The number of likely N-dealkylation sites (tertiary alicyclic amines) is 1. The van der Waals surface area contributed by atoms with Crippen LogP contribution in [0.5, 0.6) is 5.75 Å². The van der Waals surface area contributed by atoms with Crippen LogP contribution in [0.1, 0.15) is 43.7 Å². The maximum absolute atomic E-state index is 12.8. The topological polar surface area (TPSA) is 41.6 Å². The van der Waals surface area contributed by atoms with Crippen LogP contribution in [0.15, 0.2) is 66.7 Å². The minimum atomic E-state index is -0.512. The van der Waals surface area contributed by atoms with E-state index in [1.807, 2.05) is 37.3 Å². The van der Waals surface area contributed by atoms with E-state index in [2.05, 4.69) is 46.6 Å². The van der Waals surface area contributed by atoms with Crippen LogP contribution >= 0.6 is 0 Å². The number of benzene rings is 3. The van der Waals surface area contributed by atoms with Crippen molar-refractivity contribution in [2.45, 2.75) is 51.8 Å². The molecule has 1 aliphatic heterocycles. The number of hydrogen-bond donors (Lipinski definition) is 1. The van der Waals surface area contributed by atoms with Crippen LogP contribution in [0.4, 0.5) is 0 Å². The Kier molecular flexibility index (Phi) is 7.21. The number of fused-ring (bicyclic) bond motifs is 1. The Balaban J connectivity index is 1.36. The number of nitrogens with one attached hydrogen (secondary N) is 1. The number of hydrogen-bond acceptors (Lipinski definition) is 3. The van der Waals surface area contributed by atoms with Gasteiger partial charge in [0.05, 0.1) is 0 Å². The minimum absolute atomic E-state index is 0.0723. The van der Waals surface area contributed by atoms with Crippen molar-refractivity contribution in [3.8, 4) is 5.75 Å². The van der Waals surface area contributed by atoms with Crippen molar-refractivity contribution in [1.82, 2.24) is 10.2 Å². The molecule has 1 atom stereocenters. The van der Waals surface area contributed by atoms with Crippen LogP contribution in [-0.2, 0) is 17.9 Å². The molecule has 0 saturated carbocycles. The predicted octanol–water partition coefficient (Wildman–Crippen LogP) is 5.30. The Bertz CT molecular complexity index is 1010. The van der Waals surface area contributed by atoms with Crippen molar-refractivity contribution in [3.05, 3.63) is 77.9 Å². The second-order valence-electron chi connectivity index (χ2n) is 8.37. The van der Waals surface area contributed by atoms with Crippen molar-refractivity contribution in [2.24, 2.45) is 0 Å². The van der Waals surface area contributed by atoms with Gasteiger partial charge in [0, 0.05) is 18.5 Å². The van der Waals surface area contributed by atoms with E-state index >= 15 is 0 Å². The number of carbonyl (C=O) groups is 1. The van der Waals surface area contributed by atoms with E-state index in [-0.39, 0.29) is 5.91 Å². The Morgan fingerprint density at radius 2 is 1.71 bits per heavy atom. The molecule has 0 aliphatic carbocycles. The Morgan fingerprint density at radius 1 is 0.968 bits per heavy atom. The van der Waals surface area contributed by atoms with E-state index in [0.717, 1.165) is 28.6 Å². The molecule has 1 amide bonds. The van der Waals surface area contributed by atoms with Gasteiger partial charge in [-0.2, -0.15) is 0 Å². The van der Waals surface area contributed by atoms with Crippen LogP contribution in [0.3, 0.4) is 0 Å². The molecule has 31 heavy (non-hydrogen) atoms. The summed E-state index contributed by atoms with van der Waals surface area (Å²) in [5.41, 5.74) is 2.44. The van der Waals surface area contributed by atoms with Gasteiger partial charge < -0.3 is 10.1 Å². The smallest absolute Gasteiger partial charge is 0.261 e. The first-order valence-electron chi connectivity index (χ1n) is 11.5. The maximum Gasteiger partial charge on any atom is 0.261 e. The number of amides is 1. The lowest BCUT2D eigenvalue weighted by Crippen LogP contribution is -2.37. The van der Waals surface area contributed by atoms with Crippen LogP contribution in [0.2, 0.25) is 0 Å². The fourth-order valence-electron chi connectivity index (χ4n) is 4.29. The summed E-state index contributed by atoms with van der Waals surface area (Å²) in [6.07, 6.45) is 4.05. The van der Waals surface area contributed by atoms with Crippen LogP contribution in [0, 0.1) is 0 Å². The third-order valence-electron chi connectivity index (χ3n) is 6.00. The molecule has 3 aromatic rings. The zero-order chi connectivity index (χ0) is 21.5. The van der Waals surface area contributed by atoms with E-state index in [0.29, 0.717) is 13.0 Å². The Labute approximate surface area is 185 Å². The van der Waals surface area contributed by atoms with E-state index < -0.39 is 6.10 Å². The zero-order valence-corrected chi connectivity index (χ0v) is 18.3. The summed E-state index contributed by atoms with van der Waals surface area (Å²) >= 11 is 0. The van der Waals surface area contributed by atoms with Crippen molar-refractivity contribution in [2.75, 3.05) is 13.1 Å². The molecular weight excluding hydrogens is 384 g/mol. The molecule has 1 N–H and O–H groups in total. The van der Waals surface area contributed by atoms with Gasteiger partial charge in [-0.3, -0.25) is 9.69 Å². The van der Waals surface area contributed by atoms with Gasteiger partial charge in [0.2, 0.25) is 0 Å². The summed E-state index contributed by atoms with van der Waals surface area (Å²) in [4.78, 5) is 15.4. The average molecular weight is 417 g/mol. The van der Waals surface area contributed by atoms with Gasteiger partial charge in [0.1, 0.15) is 5.75 Å². The summed E-state index contributed by atoms with van der Waals surface area (Å²) in [6.45, 7) is 5.86. The molecule has 4 rings (SSSR count). The number of piperidine rings is 1. The molecule has 0 radical (unpaired) electrons. The number of nitrogens with zero attached hydrogens (tertiary/aromatic N) is 1. The first-order valence-corrected chi connectivity index (χ1v) is 11.5. The molecule has 4 heteroatoms. The molecule has 0 spiro atoms. The SMILES string of the molecule is CCC(Oc1cccc2ccccc12)C(=O)NCc1cccc(CN2CCCCC2)c1. The van der Waals surface area contributed by atoms with Crippen LogP contribution < -0.4 is 10.1 Å². The fraction of sp³-hybridized carbons (Fsp3) is 0.370. The van der Waals surface area contributed by atoms with E-state index in [1.54, 1.807) is 0 Å². The maximum atomic E-state index is 12.8. The predicted molar refractivity (Wildman–Crippen MR) is 126 cm³/mol. The molecule has 4 nitrogen and oxygen atoms in total. The standard InChI is InChI=1S/C27H32N2O2/c1-2-25(31-26-15-9-13-23-12-4-5-14-24(23)26)27(30)28-19-21-10-8-11-22(18-21)20-29-16-6-3-7-17-29/h4-5,8-15,18,25H,2-3,6-7,16-17,19-20H2,1H3,(H,28,30). The molecule has 1 saturated heterocycles. The molecular formula is C27H32N2O2. The largest absolute Gasteiger partial charge is 0.480 e. The fourth-order valence-corrected chi connectivity index (χ4v) is 4.29. The molecule has 162 valence electrons. The summed E-state index contributed by atoms with van der Waals surface area (Å²) in [7, 11) is 0. The summed E-state index contributed by atoms with van der Waals surface area (Å²) in [5.74, 6) is 0.681. The van der Waals surface area contributed by atoms with Gasteiger partial charge in [-0.05, 0) is 54.9 Å². The Morgan fingerprint density at radius 3 is 2.55 bits per heavy atom. The van der Waals surface area contributed by atoms with Gasteiger partial charge in [-0.25, -0.2) is 0 Å². The first kappa shape index (κ1) is 21.4. The second-order valence-corrected chi connectivity index (χ2v) is 8.37. The number of ether oxygens (including phenoxy) is 1. The highest BCUT2D eigenvalue weighted by molar-refractivity contribution is 5.89. The van der Waals surface area contributed by atoms with Crippen molar-refractivity contribution >= 4 is 16.7 Å². The van der Waals surface area contributed by atoms with Crippen LogP contribution in [-0.4, -0.2) is 30.0 Å². The van der Waals surface area contributed by atoms with Gasteiger partial charge in [0.15, 0.2) is 6.10 Å². The number of carbonyl (C=O) groups excluding carboxylic acids is 1. The molecule has 0 bridgehead atoms. The molecule has 1 fully saturated rings. The van der Waals surface area contributed by atoms with Gasteiger partial charge in [-0.15, -0.1) is 0 Å². The van der Waals surface area contributed by atoms with Gasteiger partial charge in [-0.1, -0.05) is 74.0 Å². The summed E-state index contributed by atoms with van der Waals surface area (Å²) in [5, 5.41) is 5.21. The highest BCUT2D eigenvalue weighted by Crippen LogP contribution is 2.26. The highest BCUT2D eigenvalue weighted by Gasteiger charge is 2.19. The van der Waals surface area contributed by atoms with Crippen molar-refractivity contribution in [1.29, 1.82) is 0 Å². The molecule has 1 unspecified atom stereocenters. The molecule has 3 aromatic carbocycles. The Hall–Kier alpha value is -2.85. The molecule has 1 aliphatic rings. The lowest BCUT2D eigenvalue weighted by Gasteiger charge is -2.26. The normalized spacial score (nSPS) is 15.5. The van der Waals surface area contributed by atoms with E-state index in [4.69, 9.17) is 4.74 Å². The lowest BCUT2D eigenvalue weighted by atomic mass is 10.1. The molecule has 0 aromatic heterocycles. The van der Waals surface area contributed by atoms with Gasteiger partial charge in [0.25, 0.3) is 5.91 Å². The van der Waals surface area contributed by atoms with E-state index in [1.165, 1.54) is 37.9 Å². The van der Waals surface area contributed by atoms with Crippen molar-refractivity contribution < 1.29 is 9.53 Å². The first-order chi connectivity index (χ1) is 15.2. The highest BCUT2D eigenvalue weighted by atomic mass is 16.5. The van der Waals surface area contributed by atoms with E-state index in [9.17, 15) is 4.79 Å². The summed E-state index contributed by atoms with van der Waals surface area (Å²) in [6, 6.07) is 22.6. The molecule has 1 heterocycles. The third kappa shape index (κ3) is 5.65. The average Bonchev–Trinajstić information content (AvgIpc) is 2.82.